The van der Waals surface area contributed by atoms with Crippen LogP contribution in [-0.2, 0) is 30.2 Å². The molecule has 1 amide bonds. The van der Waals surface area contributed by atoms with Crippen molar-refractivity contribution >= 4 is 50.4 Å². The number of unbranched alkanes of at least 4 members (excludes halogenated alkanes) is 3. The molecule has 46 heavy (non-hydrogen) atoms. The molecule has 0 aromatic heterocycles. The van der Waals surface area contributed by atoms with Crippen molar-refractivity contribution < 1.29 is 33.3 Å². The molecule has 2 aromatic carbocycles. The molecule has 2 aromatic rings. The van der Waals surface area contributed by atoms with Crippen molar-refractivity contribution in [2.24, 2.45) is 5.92 Å². The molecule has 8 nitrogen and oxygen atoms in total. The van der Waals surface area contributed by atoms with Crippen molar-refractivity contribution in [3.63, 3.8) is 0 Å². The minimum atomic E-state index is -0.477. The van der Waals surface area contributed by atoms with E-state index in [1.807, 2.05) is 77.9 Å². The Morgan fingerprint density at radius 1 is 0.761 bits per heavy atom. The number of hydrogen-bond donors (Lipinski definition) is 1. The van der Waals surface area contributed by atoms with E-state index in [1.54, 1.807) is 35.6 Å². The van der Waals surface area contributed by atoms with Gasteiger partial charge in [0, 0.05) is 18.1 Å². The highest BCUT2D eigenvalue weighted by Gasteiger charge is 2.16. The van der Waals surface area contributed by atoms with Gasteiger partial charge < -0.3 is 24.3 Å². The first-order valence-electron chi connectivity index (χ1n) is 17.0. The van der Waals surface area contributed by atoms with Gasteiger partial charge in [0.1, 0.15) is 19.0 Å². The molecule has 0 aliphatic carbocycles. The van der Waals surface area contributed by atoms with E-state index >= 15 is 0 Å². The van der Waals surface area contributed by atoms with Gasteiger partial charge in [-0.3, -0.25) is 9.59 Å². The van der Waals surface area contributed by atoms with E-state index in [2.05, 4.69) is 12.2 Å². The normalized spacial score (nSPS) is 10.5. The van der Waals surface area contributed by atoms with Gasteiger partial charge in [-0.15, -0.1) is 0 Å². The number of amides is 1. The van der Waals surface area contributed by atoms with Gasteiger partial charge in [0.2, 0.25) is 0 Å². The number of ether oxygens (including phenoxy) is 4. The van der Waals surface area contributed by atoms with E-state index in [0.29, 0.717) is 37.7 Å². The Labute approximate surface area is 287 Å². The minimum Gasteiger partial charge on any atom is -0.497 e. The summed E-state index contributed by atoms with van der Waals surface area (Å²) in [5.41, 5.74) is 0.906. The maximum atomic E-state index is 12.2. The van der Waals surface area contributed by atoms with Gasteiger partial charge in [0.05, 0.1) is 26.6 Å². The molecule has 0 spiro atoms. The standard InChI is InChI=1S/C30H43NO7S2.3C2H6/c1-4-6-7-8-9-24(20-28(32)36-5-2)22-31-30(34)38-15-17-40-39-16-14-37-29(33)19-23-10-11-26-21-27(35-3)13-12-25(26)18-23;3*1-2/h10-13,18,21,24H,4-9,14-17,19-20,22H2,1-3H3,(H,31,34);3*1-2H3. The Hall–Kier alpha value is -2.59. The second kappa shape index (κ2) is 32.4. The minimum absolute atomic E-state index is 0.0430. The summed E-state index contributed by atoms with van der Waals surface area (Å²) < 4.78 is 20.9. The molecule has 0 aliphatic heterocycles. The van der Waals surface area contributed by atoms with Gasteiger partial charge in [0.25, 0.3) is 0 Å². The zero-order valence-electron chi connectivity index (χ0n) is 29.9. The van der Waals surface area contributed by atoms with Crippen molar-refractivity contribution in [1.82, 2.24) is 5.32 Å². The lowest BCUT2D eigenvalue weighted by molar-refractivity contribution is -0.144. The number of rotatable bonds is 20. The summed E-state index contributed by atoms with van der Waals surface area (Å²) in [6.07, 6.45) is 5.38. The smallest absolute Gasteiger partial charge is 0.407 e. The maximum Gasteiger partial charge on any atom is 0.407 e. The number of carbonyl (C=O) groups is 3. The van der Waals surface area contributed by atoms with Gasteiger partial charge in [0.15, 0.2) is 0 Å². The summed E-state index contributed by atoms with van der Waals surface area (Å²) in [4.78, 5) is 36.2. The quantitative estimate of drug-likeness (QED) is 0.0633. The van der Waals surface area contributed by atoms with E-state index in [4.69, 9.17) is 18.9 Å². The van der Waals surface area contributed by atoms with Crippen LogP contribution in [0.4, 0.5) is 4.79 Å². The number of methoxy groups -OCH3 is 1. The number of benzene rings is 2. The van der Waals surface area contributed by atoms with Crippen LogP contribution in [0.5, 0.6) is 5.75 Å². The summed E-state index contributed by atoms with van der Waals surface area (Å²) in [5, 5.41) is 4.89. The van der Waals surface area contributed by atoms with Crippen LogP contribution in [0.2, 0.25) is 0 Å². The lowest BCUT2D eigenvalue weighted by Crippen LogP contribution is -2.31. The Balaban J connectivity index is 0. The molecule has 0 saturated heterocycles. The van der Waals surface area contributed by atoms with Crippen molar-refractivity contribution in [3.05, 3.63) is 42.0 Å². The predicted octanol–water partition coefficient (Wildman–Crippen LogP) is 9.66. The number of nitrogens with one attached hydrogen (secondary N) is 1. The SMILES string of the molecule is CC.CC.CC.CCCCCCC(CNC(=O)OCCSSCCOC(=O)Cc1ccc2cc(OC)ccc2c1)CC(=O)OCC. The molecule has 1 atom stereocenters. The second-order valence-electron chi connectivity index (χ2n) is 9.33. The summed E-state index contributed by atoms with van der Waals surface area (Å²) in [7, 11) is 4.76. The molecule has 1 N–H and O–H groups in total. The van der Waals surface area contributed by atoms with Gasteiger partial charge in [-0.2, -0.15) is 0 Å². The molecule has 1 unspecified atom stereocenters. The third kappa shape index (κ3) is 22.8. The van der Waals surface area contributed by atoms with E-state index in [-0.39, 0.29) is 30.9 Å². The van der Waals surface area contributed by atoms with Crippen LogP contribution in [-0.4, -0.2) is 63.0 Å². The first-order valence-corrected chi connectivity index (χ1v) is 19.5. The summed E-state index contributed by atoms with van der Waals surface area (Å²) in [6.45, 7) is 17.3. The van der Waals surface area contributed by atoms with Crippen molar-refractivity contribution in [1.29, 1.82) is 0 Å². The molecule has 0 radical (unpaired) electrons. The second-order valence-corrected chi connectivity index (χ2v) is 12.0. The van der Waals surface area contributed by atoms with E-state index < -0.39 is 6.09 Å². The average molecular weight is 684 g/mol. The highest BCUT2D eigenvalue weighted by atomic mass is 33.1. The number of carbonyl (C=O) groups excluding carboxylic acids is 3. The molecule has 10 heteroatoms. The van der Waals surface area contributed by atoms with Crippen LogP contribution in [0.25, 0.3) is 10.8 Å². The van der Waals surface area contributed by atoms with Crippen LogP contribution < -0.4 is 10.1 Å². The van der Waals surface area contributed by atoms with Gasteiger partial charge >= 0.3 is 18.0 Å². The zero-order chi connectivity index (χ0) is 35.0. The summed E-state index contributed by atoms with van der Waals surface area (Å²) in [5.74, 6) is 1.62. The molecule has 0 aliphatic rings. The van der Waals surface area contributed by atoms with Crippen LogP contribution in [0, 0.1) is 5.92 Å². The largest absolute Gasteiger partial charge is 0.497 e. The molecule has 0 heterocycles. The van der Waals surface area contributed by atoms with Crippen LogP contribution in [0.1, 0.15) is 99.5 Å². The third-order valence-electron chi connectivity index (χ3n) is 6.13. The fourth-order valence-electron chi connectivity index (χ4n) is 4.07. The Morgan fingerprint density at radius 2 is 1.39 bits per heavy atom. The molecular formula is C36H61NO7S2. The molecule has 264 valence electrons. The molecule has 0 saturated carbocycles. The zero-order valence-corrected chi connectivity index (χ0v) is 31.5. The average Bonchev–Trinajstić information content (AvgIpc) is 3.09. The predicted molar refractivity (Wildman–Crippen MR) is 197 cm³/mol. The number of fused-ring (bicyclic) bond motifs is 1. The highest BCUT2D eigenvalue weighted by molar-refractivity contribution is 8.76. The topological polar surface area (TPSA) is 100 Å². The van der Waals surface area contributed by atoms with Crippen LogP contribution >= 0.6 is 21.6 Å². The monoisotopic (exact) mass is 683 g/mol. The number of alkyl carbamates (subject to hydrolysis) is 1. The Morgan fingerprint density at radius 3 is 2.02 bits per heavy atom. The molecule has 0 bridgehead atoms. The highest BCUT2D eigenvalue weighted by Crippen LogP contribution is 2.23. The van der Waals surface area contributed by atoms with Crippen molar-refractivity contribution in [2.75, 3.05) is 45.0 Å². The Bertz CT molecular complexity index is 1050. The van der Waals surface area contributed by atoms with E-state index in [0.717, 1.165) is 47.8 Å². The van der Waals surface area contributed by atoms with Gasteiger partial charge in [-0.05, 0) is 47.7 Å². The Kier molecular flexibility index (Phi) is 32.0. The van der Waals surface area contributed by atoms with E-state index in [9.17, 15) is 14.4 Å². The van der Waals surface area contributed by atoms with Crippen LogP contribution in [0.15, 0.2) is 36.4 Å². The van der Waals surface area contributed by atoms with Crippen molar-refractivity contribution in [2.45, 2.75) is 100 Å². The van der Waals surface area contributed by atoms with Crippen LogP contribution in [0.3, 0.4) is 0 Å². The fourth-order valence-corrected chi connectivity index (χ4v) is 5.73. The lowest BCUT2D eigenvalue weighted by atomic mass is 9.97. The van der Waals surface area contributed by atoms with Gasteiger partial charge in [-0.25, -0.2) is 4.79 Å². The van der Waals surface area contributed by atoms with Crippen molar-refractivity contribution in [3.8, 4) is 5.75 Å². The van der Waals surface area contributed by atoms with Gasteiger partial charge in [-0.1, -0.05) is 120 Å². The van der Waals surface area contributed by atoms with E-state index in [1.165, 1.54) is 6.42 Å². The third-order valence-corrected chi connectivity index (χ3v) is 8.47. The molecule has 0 fully saturated rings. The first-order chi connectivity index (χ1) is 22.4. The number of hydrogen-bond acceptors (Lipinski definition) is 9. The molecule has 2 rings (SSSR count). The summed E-state index contributed by atoms with van der Waals surface area (Å²) >= 11 is 0. The summed E-state index contributed by atoms with van der Waals surface area (Å²) in [6, 6.07) is 11.7. The lowest BCUT2D eigenvalue weighted by Gasteiger charge is -2.17. The first kappa shape index (κ1) is 45.5. The maximum absolute atomic E-state index is 12.2. The fraction of sp³-hybridized carbons (Fsp3) is 0.639. The molecular weight excluding hydrogens is 623 g/mol. The number of esters is 2.